The zero-order valence-electron chi connectivity index (χ0n) is 10.9. The third-order valence-corrected chi connectivity index (χ3v) is 2.27. The van der Waals surface area contributed by atoms with Crippen LogP contribution in [0.15, 0.2) is 35.5 Å². The molecule has 0 radical (unpaired) electrons. The second-order valence-corrected chi connectivity index (χ2v) is 3.98. The van der Waals surface area contributed by atoms with Crippen molar-refractivity contribution in [2.75, 3.05) is 6.61 Å². The van der Waals surface area contributed by atoms with E-state index in [1.54, 1.807) is 0 Å². The first-order valence-corrected chi connectivity index (χ1v) is 5.75. The first-order chi connectivity index (χ1) is 9.81. The Labute approximate surface area is 119 Å². The highest BCUT2D eigenvalue weighted by molar-refractivity contribution is 6.06. The molecule has 1 aliphatic rings. The summed E-state index contributed by atoms with van der Waals surface area (Å²) in [6.45, 7) is 1.30. The molecule has 1 aliphatic heterocycles. The molecule has 21 heavy (non-hydrogen) atoms. The molecule has 2 N–H and O–H groups in total. The van der Waals surface area contributed by atoms with Crippen LogP contribution in [0.1, 0.15) is 6.92 Å². The summed E-state index contributed by atoms with van der Waals surface area (Å²) in [6, 6.07) is 0. The summed E-state index contributed by atoms with van der Waals surface area (Å²) in [4.78, 5) is 44.7. The van der Waals surface area contributed by atoms with E-state index in [0.717, 1.165) is 12.2 Å². The molecular formula is C13H12O8. The van der Waals surface area contributed by atoms with Gasteiger partial charge >= 0.3 is 23.9 Å². The Bertz CT molecular complexity index is 567. The van der Waals surface area contributed by atoms with Crippen LogP contribution in [0.2, 0.25) is 0 Å². The molecule has 0 fully saturated rings. The van der Waals surface area contributed by atoms with E-state index in [2.05, 4.69) is 0 Å². The molecule has 112 valence electrons. The lowest BCUT2D eigenvalue weighted by molar-refractivity contribution is -0.155. The van der Waals surface area contributed by atoms with Crippen LogP contribution >= 0.6 is 0 Å². The van der Waals surface area contributed by atoms with Crippen molar-refractivity contribution in [1.82, 2.24) is 0 Å². The van der Waals surface area contributed by atoms with Crippen molar-refractivity contribution in [2.45, 2.75) is 13.0 Å². The van der Waals surface area contributed by atoms with Crippen LogP contribution in [0.4, 0.5) is 0 Å². The second kappa shape index (κ2) is 7.04. The number of carbonyl (C=O) groups is 4. The van der Waals surface area contributed by atoms with E-state index in [-0.39, 0.29) is 6.61 Å². The maximum absolute atomic E-state index is 11.9. The number of hydrogen-bond acceptors (Lipinski definition) is 6. The van der Waals surface area contributed by atoms with Gasteiger partial charge in [0.25, 0.3) is 0 Å². The van der Waals surface area contributed by atoms with Crippen molar-refractivity contribution >= 4 is 23.9 Å². The number of carbonyl (C=O) groups excluding carboxylic acids is 2. The second-order valence-electron chi connectivity index (χ2n) is 3.98. The summed E-state index contributed by atoms with van der Waals surface area (Å²) in [5.74, 6) is -4.58. The van der Waals surface area contributed by atoms with Gasteiger partial charge in [0, 0.05) is 12.2 Å². The largest absolute Gasteiger partial charge is 0.478 e. The zero-order valence-corrected chi connectivity index (χ0v) is 10.9. The number of ether oxygens (including phenoxy) is 2. The Balaban J connectivity index is 3.37. The quantitative estimate of drug-likeness (QED) is 0.550. The van der Waals surface area contributed by atoms with E-state index in [1.807, 2.05) is 0 Å². The molecule has 0 aliphatic carbocycles. The third-order valence-electron chi connectivity index (χ3n) is 2.27. The molecule has 8 heteroatoms. The Morgan fingerprint density at radius 1 is 1.05 bits per heavy atom. The first kappa shape index (κ1) is 16.2. The smallest absolute Gasteiger partial charge is 0.339 e. The predicted octanol–water partition coefficient (Wildman–Crippen LogP) is 0.0531. The van der Waals surface area contributed by atoms with Gasteiger partial charge in [-0.2, -0.15) is 0 Å². The number of esters is 2. The van der Waals surface area contributed by atoms with Gasteiger partial charge in [-0.1, -0.05) is 0 Å². The molecule has 0 saturated carbocycles. The number of carboxylic acid groups (broad SMARTS) is 2. The van der Waals surface area contributed by atoms with Gasteiger partial charge in [0.05, 0.1) is 11.1 Å². The summed E-state index contributed by atoms with van der Waals surface area (Å²) in [5.41, 5.74) is -0.793. The maximum Gasteiger partial charge on any atom is 0.339 e. The molecule has 1 atom stereocenters. The van der Waals surface area contributed by atoms with Gasteiger partial charge in [0.1, 0.15) is 12.7 Å². The van der Waals surface area contributed by atoms with Crippen LogP contribution in [0, 0.1) is 0 Å². The van der Waals surface area contributed by atoms with Gasteiger partial charge in [-0.05, 0) is 19.1 Å². The minimum absolute atomic E-state index is 0.190. The highest BCUT2D eigenvalue weighted by Crippen LogP contribution is 2.17. The lowest BCUT2D eigenvalue weighted by Crippen LogP contribution is -2.28. The van der Waals surface area contributed by atoms with Gasteiger partial charge in [-0.3, -0.25) is 0 Å². The Morgan fingerprint density at radius 2 is 1.52 bits per heavy atom. The third kappa shape index (κ3) is 4.94. The van der Waals surface area contributed by atoms with Gasteiger partial charge in [0.15, 0.2) is 0 Å². The molecule has 0 bridgehead atoms. The minimum Gasteiger partial charge on any atom is -0.478 e. The summed E-state index contributed by atoms with van der Waals surface area (Å²) in [7, 11) is 0. The number of cyclic esters (lactones) is 2. The molecule has 0 amide bonds. The lowest BCUT2D eigenvalue weighted by Gasteiger charge is -2.18. The average molecular weight is 296 g/mol. The van der Waals surface area contributed by atoms with Gasteiger partial charge in [0.2, 0.25) is 0 Å². The number of rotatable bonds is 4. The van der Waals surface area contributed by atoms with Crippen LogP contribution in [-0.2, 0) is 28.7 Å². The van der Waals surface area contributed by atoms with E-state index in [9.17, 15) is 19.2 Å². The lowest BCUT2D eigenvalue weighted by atomic mass is 10.1. The van der Waals surface area contributed by atoms with Crippen molar-refractivity contribution in [2.24, 2.45) is 0 Å². The van der Waals surface area contributed by atoms with E-state index >= 15 is 0 Å². The molecule has 8 nitrogen and oxygen atoms in total. The van der Waals surface area contributed by atoms with Crippen molar-refractivity contribution in [3.05, 3.63) is 35.5 Å². The van der Waals surface area contributed by atoms with Gasteiger partial charge in [-0.15, -0.1) is 0 Å². The molecule has 1 rings (SSSR count). The SMILES string of the molecule is CC1COC(=O)C(C=CC(=O)O)=C(C=CC(=O)O)C(=O)O1. The summed E-state index contributed by atoms with van der Waals surface area (Å²) >= 11 is 0. The summed E-state index contributed by atoms with van der Waals surface area (Å²) in [5, 5.41) is 17.2. The fourth-order valence-electron chi connectivity index (χ4n) is 1.40. The highest BCUT2D eigenvalue weighted by atomic mass is 16.6. The standard InChI is InChI=1S/C13H12O8/c1-7-6-20-12(18)8(2-4-10(14)15)9(13(19)21-7)3-5-11(16)17/h2-5,7H,6H2,1H3,(H,14,15)(H,16,17). The highest BCUT2D eigenvalue weighted by Gasteiger charge is 2.25. The molecule has 0 aromatic heterocycles. The molecule has 1 heterocycles. The fraction of sp³-hybridized carbons (Fsp3) is 0.231. The van der Waals surface area contributed by atoms with Crippen molar-refractivity contribution < 1.29 is 38.9 Å². The van der Waals surface area contributed by atoms with E-state index < -0.39 is 41.1 Å². The molecule has 0 aromatic carbocycles. The van der Waals surface area contributed by atoms with Crippen LogP contribution < -0.4 is 0 Å². The number of aliphatic carboxylic acids is 2. The van der Waals surface area contributed by atoms with Crippen LogP contribution in [0.25, 0.3) is 0 Å². The summed E-state index contributed by atoms with van der Waals surface area (Å²) < 4.78 is 9.75. The Hall–Kier alpha value is -2.90. The average Bonchev–Trinajstić information content (AvgIpc) is 2.37. The predicted molar refractivity (Wildman–Crippen MR) is 67.1 cm³/mol. The van der Waals surface area contributed by atoms with Crippen molar-refractivity contribution in [1.29, 1.82) is 0 Å². The molecule has 0 spiro atoms. The van der Waals surface area contributed by atoms with E-state index in [1.165, 1.54) is 6.92 Å². The summed E-state index contributed by atoms with van der Waals surface area (Å²) in [6.07, 6.45) is 2.25. The van der Waals surface area contributed by atoms with Gasteiger partial charge in [-0.25, -0.2) is 19.2 Å². The van der Waals surface area contributed by atoms with E-state index in [4.69, 9.17) is 19.7 Å². The molecular weight excluding hydrogens is 284 g/mol. The molecule has 0 saturated heterocycles. The maximum atomic E-state index is 11.9. The van der Waals surface area contributed by atoms with Crippen molar-refractivity contribution in [3.63, 3.8) is 0 Å². The molecule has 1 unspecified atom stereocenters. The fourth-order valence-corrected chi connectivity index (χ4v) is 1.40. The van der Waals surface area contributed by atoms with Crippen LogP contribution in [0.3, 0.4) is 0 Å². The topological polar surface area (TPSA) is 127 Å². The zero-order chi connectivity index (χ0) is 16.0. The minimum atomic E-state index is -1.35. The van der Waals surface area contributed by atoms with Gasteiger partial charge < -0.3 is 19.7 Å². The van der Waals surface area contributed by atoms with Crippen LogP contribution in [-0.4, -0.2) is 46.8 Å². The first-order valence-electron chi connectivity index (χ1n) is 5.75. The van der Waals surface area contributed by atoms with Crippen LogP contribution in [0.5, 0.6) is 0 Å². The van der Waals surface area contributed by atoms with E-state index in [0.29, 0.717) is 12.2 Å². The monoisotopic (exact) mass is 296 g/mol. The Kier molecular flexibility index (Phi) is 5.41. The molecule has 0 aromatic rings. The Morgan fingerprint density at radius 3 is 2.00 bits per heavy atom. The number of carboxylic acids is 2. The normalized spacial score (nSPS) is 20.1. The van der Waals surface area contributed by atoms with Crippen molar-refractivity contribution in [3.8, 4) is 0 Å². The number of hydrogen-bond donors (Lipinski definition) is 2.